The lowest BCUT2D eigenvalue weighted by atomic mass is 10.1. The molecule has 0 fully saturated rings. The molecule has 0 bridgehead atoms. The number of thiophene rings is 1. The molecule has 3 heteroatoms. The summed E-state index contributed by atoms with van der Waals surface area (Å²) >= 11 is 1.71. The van der Waals surface area contributed by atoms with Crippen LogP contribution in [-0.2, 0) is 12.8 Å². The molecule has 0 N–H and O–H groups in total. The summed E-state index contributed by atoms with van der Waals surface area (Å²) < 4.78 is 0. The van der Waals surface area contributed by atoms with Crippen LogP contribution in [0.25, 0.3) is 10.9 Å². The summed E-state index contributed by atoms with van der Waals surface area (Å²) in [5.41, 5.74) is 1.42. The molecule has 2 aromatic heterocycles. The predicted octanol–water partition coefficient (Wildman–Crippen LogP) is 4.28. The van der Waals surface area contributed by atoms with Crippen molar-refractivity contribution in [2.45, 2.75) is 19.8 Å². The van der Waals surface area contributed by atoms with Gasteiger partial charge in [0, 0.05) is 21.6 Å². The molecule has 0 saturated carbocycles. The molecular weight excluding hydrogens is 266 g/mol. The quantitative estimate of drug-likeness (QED) is 0.668. The second-order valence-corrected chi connectivity index (χ2v) is 5.96. The molecule has 20 heavy (non-hydrogen) atoms. The highest BCUT2D eigenvalue weighted by Crippen LogP contribution is 2.19. The molecule has 0 amide bonds. The number of para-hydroxylation sites is 1. The lowest BCUT2D eigenvalue weighted by Gasteiger charge is -2.01. The minimum absolute atomic E-state index is 0.0836. The van der Waals surface area contributed by atoms with Gasteiger partial charge in [-0.15, -0.1) is 11.3 Å². The number of hydrogen-bond donors (Lipinski definition) is 0. The third-order valence-electron chi connectivity index (χ3n) is 3.28. The molecule has 0 atom stereocenters. The van der Waals surface area contributed by atoms with Gasteiger partial charge in [-0.3, -0.25) is 4.79 Å². The normalized spacial score (nSPS) is 10.8. The van der Waals surface area contributed by atoms with Crippen LogP contribution in [0.1, 0.15) is 27.2 Å². The number of benzene rings is 1. The van der Waals surface area contributed by atoms with Crippen LogP contribution in [0.5, 0.6) is 0 Å². The minimum Gasteiger partial charge on any atom is -0.292 e. The summed E-state index contributed by atoms with van der Waals surface area (Å²) in [5, 5.41) is 1.06. The van der Waals surface area contributed by atoms with E-state index in [0.717, 1.165) is 22.2 Å². The van der Waals surface area contributed by atoms with E-state index in [0.29, 0.717) is 12.1 Å². The van der Waals surface area contributed by atoms with Crippen molar-refractivity contribution in [3.63, 3.8) is 0 Å². The first-order chi connectivity index (χ1) is 9.76. The van der Waals surface area contributed by atoms with Crippen LogP contribution in [0.4, 0.5) is 0 Å². The second-order valence-electron chi connectivity index (χ2n) is 4.71. The highest BCUT2D eigenvalue weighted by atomic mass is 32.1. The lowest BCUT2D eigenvalue weighted by Crippen LogP contribution is -2.04. The van der Waals surface area contributed by atoms with Crippen molar-refractivity contribution in [3.8, 4) is 0 Å². The molecule has 3 aromatic rings. The first kappa shape index (κ1) is 13.0. The minimum atomic E-state index is 0.0836. The number of aryl methyl sites for hydroxylation is 1. The summed E-state index contributed by atoms with van der Waals surface area (Å²) in [4.78, 5) is 19.2. The molecule has 0 spiro atoms. The highest BCUT2D eigenvalue weighted by Gasteiger charge is 2.10. The molecule has 0 aliphatic carbocycles. The van der Waals surface area contributed by atoms with E-state index in [9.17, 15) is 4.79 Å². The van der Waals surface area contributed by atoms with E-state index in [1.165, 1.54) is 4.88 Å². The smallest absolute Gasteiger partial charge is 0.186 e. The molecule has 3 rings (SSSR count). The first-order valence-electron chi connectivity index (χ1n) is 6.73. The van der Waals surface area contributed by atoms with E-state index in [4.69, 9.17) is 0 Å². The second kappa shape index (κ2) is 5.55. The Balaban J connectivity index is 1.84. The average molecular weight is 281 g/mol. The number of carbonyl (C=O) groups is 1. The first-order valence-corrected chi connectivity index (χ1v) is 7.54. The van der Waals surface area contributed by atoms with Crippen molar-refractivity contribution >= 4 is 28.0 Å². The Kier molecular flexibility index (Phi) is 3.61. The van der Waals surface area contributed by atoms with Gasteiger partial charge in [-0.25, -0.2) is 4.98 Å². The monoisotopic (exact) mass is 281 g/mol. The van der Waals surface area contributed by atoms with Crippen LogP contribution in [0.15, 0.2) is 48.5 Å². The third-order valence-corrected chi connectivity index (χ3v) is 4.51. The van der Waals surface area contributed by atoms with Gasteiger partial charge in [0.25, 0.3) is 0 Å². The van der Waals surface area contributed by atoms with Crippen LogP contribution < -0.4 is 0 Å². The van der Waals surface area contributed by atoms with Gasteiger partial charge in [0.2, 0.25) is 0 Å². The summed E-state index contributed by atoms with van der Waals surface area (Å²) in [7, 11) is 0. The maximum atomic E-state index is 12.3. The molecule has 0 saturated heterocycles. The van der Waals surface area contributed by atoms with Crippen LogP contribution in [0, 0.1) is 0 Å². The summed E-state index contributed by atoms with van der Waals surface area (Å²) in [5.74, 6) is 0.0836. The molecule has 2 heterocycles. The van der Waals surface area contributed by atoms with Gasteiger partial charge in [-0.05, 0) is 30.7 Å². The Hall–Kier alpha value is -2.00. The number of aromatic nitrogens is 1. The van der Waals surface area contributed by atoms with Crippen molar-refractivity contribution in [1.82, 2.24) is 4.98 Å². The largest absolute Gasteiger partial charge is 0.292 e. The Morgan fingerprint density at radius 3 is 2.65 bits per heavy atom. The third kappa shape index (κ3) is 2.63. The van der Waals surface area contributed by atoms with Crippen LogP contribution in [0.3, 0.4) is 0 Å². The lowest BCUT2D eigenvalue weighted by molar-refractivity contribution is 0.0989. The van der Waals surface area contributed by atoms with Gasteiger partial charge < -0.3 is 0 Å². The molecule has 0 aliphatic rings. The molecule has 0 radical (unpaired) electrons. The summed E-state index contributed by atoms with van der Waals surface area (Å²) in [6, 6.07) is 15.8. The number of carbonyl (C=O) groups excluding carboxylic acids is 1. The zero-order valence-electron chi connectivity index (χ0n) is 11.3. The van der Waals surface area contributed by atoms with Crippen molar-refractivity contribution in [2.75, 3.05) is 0 Å². The van der Waals surface area contributed by atoms with E-state index in [1.54, 1.807) is 11.3 Å². The van der Waals surface area contributed by atoms with Gasteiger partial charge in [0.15, 0.2) is 5.78 Å². The Morgan fingerprint density at radius 2 is 1.85 bits per heavy atom. The SMILES string of the molecule is CCc1ccc(CC(=O)c2ccc3ccccc3n2)s1. The maximum absolute atomic E-state index is 12.3. The van der Waals surface area contributed by atoms with Crippen molar-refractivity contribution in [2.24, 2.45) is 0 Å². The van der Waals surface area contributed by atoms with E-state index < -0.39 is 0 Å². The molecular formula is C17H15NOS. The van der Waals surface area contributed by atoms with E-state index >= 15 is 0 Å². The van der Waals surface area contributed by atoms with Crippen molar-refractivity contribution in [1.29, 1.82) is 0 Å². The Labute approximate surface area is 122 Å². The van der Waals surface area contributed by atoms with Crippen molar-refractivity contribution in [3.05, 3.63) is 64.0 Å². The topological polar surface area (TPSA) is 30.0 Å². The van der Waals surface area contributed by atoms with Crippen LogP contribution in [0.2, 0.25) is 0 Å². The Bertz CT molecular complexity index is 760. The summed E-state index contributed by atoms with van der Waals surface area (Å²) in [6.07, 6.45) is 1.46. The van der Waals surface area contributed by atoms with Crippen LogP contribution >= 0.6 is 11.3 Å². The molecule has 2 nitrogen and oxygen atoms in total. The van der Waals surface area contributed by atoms with Gasteiger partial charge in [-0.1, -0.05) is 31.2 Å². The average Bonchev–Trinajstić information content (AvgIpc) is 2.94. The number of fused-ring (bicyclic) bond motifs is 1. The van der Waals surface area contributed by atoms with Gasteiger partial charge in [-0.2, -0.15) is 0 Å². The number of Topliss-reactive ketones (excluding diaryl/α,β-unsaturated/α-hetero) is 1. The fourth-order valence-corrected chi connectivity index (χ4v) is 3.13. The predicted molar refractivity (Wildman–Crippen MR) is 83.5 cm³/mol. The van der Waals surface area contributed by atoms with Gasteiger partial charge >= 0.3 is 0 Å². The van der Waals surface area contributed by atoms with E-state index in [1.807, 2.05) is 42.5 Å². The number of pyridine rings is 1. The fourth-order valence-electron chi connectivity index (χ4n) is 2.18. The zero-order valence-corrected chi connectivity index (χ0v) is 12.1. The Morgan fingerprint density at radius 1 is 1.05 bits per heavy atom. The van der Waals surface area contributed by atoms with Gasteiger partial charge in [0.05, 0.1) is 5.52 Å². The number of ketones is 1. The summed E-state index contributed by atoms with van der Waals surface area (Å²) in [6.45, 7) is 2.13. The van der Waals surface area contributed by atoms with Crippen LogP contribution in [-0.4, -0.2) is 10.8 Å². The maximum Gasteiger partial charge on any atom is 0.186 e. The molecule has 100 valence electrons. The highest BCUT2D eigenvalue weighted by molar-refractivity contribution is 7.12. The molecule has 0 unspecified atom stereocenters. The zero-order chi connectivity index (χ0) is 13.9. The van der Waals surface area contributed by atoms with Gasteiger partial charge in [0.1, 0.15) is 5.69 Å². The number of hydrogen-bond acceptors (Lipinski definition) is 3. The van der Waals surface area contributed by atoms with Crippen molar-refractivity contribution < 1.29 is 4.79 Å². The molecule has 0 aliphatic heterocycles. The van der Waals surface area contributed by atoms with E-state index in [2.05, 4.69) is 18.0 Å². The van der Waals surface area contributed by atoms with E-state index in [-0.39, 0.29) is 5.78 Å². The molecule has 1 aromatic carbocycles. The number of rotatable bonds is 4. The standard InChI is InChI=1S/C17H15NOS/c1-2-13-8-9-14(20-13)11-17(19)16-10-7-12-5-3-4-6-15(12)18-16/h3-10H,2,11H2,1H3. The fraction of sp³-hybridized carbons (Fsp3) is 0.176. The number of nitrogens with zero attached hydrogens (tertiary/aromatic N) is 1.